The van der Waals surface area contributed by atoms with E-state index < -0.39 is 82.4 Å². The fourth-order valence-electron chi connectivity index (χ4n) is 2.79. The van der Waals surface area contributed by atoms with Crippen molar-refractivity contribution in [3.63, 3.8) is 0 Å². The predicted octanol–water partition coefficient (Wildman–Crippen LogP) is -5.93. The minimum atomic E-state index is -4.93. The molecule has 16 heteroatoms. The van der Waals surface area contributed by atoms with Gasteiger partial charge in [-0.25, -0.2) is 4.57 Å². The molecule has 0 amide bonds. The van der Waals surface area contributed by atoms with E-state index in [2.05, 4.69) is 4.52 Å². The van der Waals surface area contributed by atoms with E-state index in [0.717, 1.165) is 0 Å². The predicted molar refractivity (Wildman–Crippen MR) is 86.7 cm³/mol. The SMILES string of the molecule is O=P(O)(O)OC[C@H]1O[C@H](O[C@]2(CO)O[C@H](CO)[C@@H](O)[C@@H]2O)[C@H](O)[C@@H](O)[C@@H]1O.[NaH]. The summed E-state index contributed by atoms with van der Waals surface area (Å²) in [6.45, 7) is -2.69. The van der Waals surface area contributed by atoms with Crippen LogP contribution in [-0.4, -0.2) is 150 Å². The first-order valence-corrected chi connectivity index (χ1v) is 9.32. The number of hydrogen-bond donors (Lipinski definition) is 9. The summed E-state index contributed by atoms with van der Waals surface area (Å²) in [6, 6.07) is 0. The summed E-state index contributed by atoms with van der Waals surface area (Å²) in [4.78, 5) is 17.4. The topological polar surface area (TPSA) is 236 Å². The van der Waals surface area contributed by atoms with Crippen LogP contribution in [-0.2, 0) is 23.3 Å². The van der Waals surface area contributed by atoms with Crippen molar-refractivity contribution in [2.24, 2.45) is 0 Å². The Labute approximate surface area is 180 Å². The van der Waals surface area contributed by atoms with Gasteiger partial charge >= 0.3 is 37.4 Å². The number of aliphatic hydroxyl groups is 7. The zero-order chi connectivity index (χ0) is 20.6. The van der Waals surface area contributed by atoms with Crippen LogP contribution >= 0.6 is 7.82 Å². The van der Waals surface area contributed by atoms with Gasteiger partial charge in [-0.3, -0.25) is 4.52 Å². The van der Waals surface area contributed by atoms with Crippen LogP contribution in [0.3, 0.4) is 0 Å². The first-order valence-electron chi connectivity index (χ1n) is 7.79. The van der Waals surface area contributed by atoms with Gasteiger partial charge < -0.3 is 59.7 Å². The number of phosphoric acid groups is 1. The van der Waals surface area contributed by atoms with Gasteiger partial charge in [0.25, 0.3) is 0 Å². The van der Waals surface area contributed by atoms with Crippen LogP contribution in [0.25, 0.3) is 0 Å². The summed E-state index contributed by atoms with van der Waals surface area (Å²) >= 11 is 0. The van der Waals surface area contributed by atoms with Crippen molar-refractivity contribution in [1.29, 1.82) is 0 Å². The number of ether oxygens (including phenoxy) is 3. The monoisotopic (exact) mass is 446 g/mol. The summed E-state index contributed by atoms with van der Waals surface area (Å²) in [5, 5.41) is 68.3. The molecule has 2 aliphatic heterocycles. The molecule has 0 aromatic carbocycles. The summed E-state index contributed by atoms with van der Waals surface area (Å²) in [6.07, 6.45) is -14.0. The number of rotatable bonds is 7. The van der Waals surface area contributed by atoms with E-state index >= 15 is 0 Å². The van der Waals surface area contributed by atoms with E-state index in [1.165, 1.54) is 0 Å². The van der Waals surface area contributed by atoms with Crippen LogP contribution in [0.1, 0.15) is 0 Å². The number of aliphatic hydroxyl groups excluding tert-OH is 7. The van der Waals surface area contributed by atoms with Crippen molar-refractivity contribution in [1.82, 2.24) is 0 Å². The fourth-order valence-corrected chi connectivity index (χ4v) is 3.13. The normalized spacial score (nSPS) is 44.3. The molecule has 2 fully saturated rings. The van der Waals surface area contributed by atoms with Gasteiger partial charge in [0.1, 0.15) is 49.3 Å². The standard InChI is InChI=1S/C12H23O14P.Na.H/c13-1-4-7(16)10(19)12(3-14,25-4)26-11-9(18)8(17)6(15)5(24-11)2-23-27(20,21)22;;/h4-11,13-19H,1-3H2,(H2,20,21,22);;/t4-,5-,6-,7-,8+,9-,10+,11-,12+;;/m1../s1. The summed E-state index contributed by atoms with van der Waals surface area (Å²) < 4.78 is 30.4. The molecular weight excluding hydrogens is 422 g/mol. The van der Waals surface area contributed by atoms with Gasteiger partial charge in [-0.15, -0.1) is 0 Å². The molecule has 0 saturated carbocycles. The Morgan fingerprint density at radius 3 is 2.00 bits per heavy atom. The second kappa shape index (κ2) is 10.3. The average Bonchev–Trinajstić information content (AvgIpc) is 2.85. The Kier molecular flexibility index (Phi) is 9.88. The van der Waals surface area contributed by atoms with Crippen LogP contribution < -0.4 is 0 Å². The summed E-state index contributed by atoms with van der Waals surface area (Å²) in [7, 11) is -4.93. The van der Waals surface area contributed by atoms with E-state index in [9.17, 15) is 35.2 Å². The Balaban J connectivity index is 0.00000392. The molecule has 0 radical (unpaired) electrons. The molecule has 2 rings (SSSR count). The maximum absolute atomic E-state index is 10.8. The first kappa shape index (κ1) is 26.7. The van der Waals surface area contributed by atoms with E-state index in [-0.39, 0.29) is 29.6 Å². The van der Waals surface area contributed by atoms with Gasteiger partial charge in [0.2, 0.25) is 5.79 Å². The third kappa shape index (κ3) is 5.69. The fraction of sp³-hybridized carbons (Fsp3) is 1.00. The van der Waals surface area contributed by atoms with Crippen molar-refractivity contribution in [3.8, 4) is 0 Å². The zero-order valence-corrected chi connectivity index (χ0v) is 14.6. The van der Waals surface area contributed by atoms with Crippen LogP contribution in [0, 0.1) is 0 Å². The van der Waals surface area contributed by atoms with E-state index in [1.54, 1.807) is 0 Å². The van der Waals surface area contributed by atoms with Gasteiger partial charge in [-0.1, -0.05) is 0 Å². The zero-order valence-electron chi connectivity index (χ0n) is 13.8. The third-order valence-corrected chi connectivity index (χ3v) is 4.78. The summed E-state index contributed by atoms with van der Waals surface area (Å²) in [5.74, 6) is -2.35. The molecule has 28 heavy (non-hydrogen) atoms. The van der Waals surface area contributed by atoms with Gasteiger partial charge in [0.05, 0.1) is 13.2 Å². The quantitative estimate of drug-likeness (QED) is 0.131. The van der Waals surface area contributed by atoms with Crippen LogP contribution in [0.2, 0.25) is 0 Å². The van der Waals surface area contributed by atoms with Gasteiger partial charge in [0, 0.05) is 0 Å². The molecule has 0 bridgehead atoms. The van der Waals surface area contributed by atoms with Crippen LogP contribution in [0.15, 0.2) is 0 Å². The van der Waals surface area contributed by atoms with Crippen LogP contribution in [0.5, 0.6) is 0 Å². The molecule has 2 heterocycles. The van der Waals surface area contributed by atoms with E-state index in [0.29, 0.717) is 0 Å². The molecule has 0 unspecified atom stereocenters. The first-order chi connectivity index (χ1) is 12.5. The van der Waals surface area contributed by atoms with Gasteiger partial charge in [0.15, 0.2) is 6.29 Å². The molecule has 2 saturated heterocycles. The number of phosphoric ester groups is 1. The molecular formula is C12H24NaO14P. The molecule has 0 aliphatic carbocycles. The Bertz CT molecular complexity index is 548. The molecule has 0 aromatic heterocycles. The minimum absolute atomic E-state index is 0. The molecule has 9 N–H and O–H groups in total. The molecule has 9 atom stereocenters. The van der Waals surface area contributed by atoms with Crippen molar-refractivity contribution in [2.45, 2.75) is 54.8 Å². The molecule has 0 aromatic rings. The van der Waals surface area contributed by atoms with Crippen LogP contribution in [0.4, 0.5) is 0 Å². The molecule has 14 nitrogen and oxygen atoms in total. The Hall–Kier alpha value is 0.710. The van der Waals surface area contributed by atoms with Crippen molar-refractivity contribution in [2.75, 3.05) is 19.8 Å². The maximum atomic E-state index is 10.8. The molecule has 2 aliphatic rings. The Morgan fingerprint density at radius 2 is 1.54 bits per heavy atom. The van der Waals surface area contributed by atoms with E-state index in [4.69, 9.17) is 29.1 Å². The Morgan fingerprint density at radius 1 is 0.929 bits per heavy atom. The van der Waals surface area contributed by atoms with Crippen molar-refractivity contribution < 1.29 is 68.8 Å². The second-order valence-corrected chi connectivity index (χ2v) is 7.40. The summed E-state index contributed by atoms with van der Waals surface area (Å²) in [5.41, 5.74) is 0. The van der Waals surface area contributed by atoms with Crippen molar-refractivity contribution in [3.05, 3.63) is 0 Å². The third-order valence-electron chi connectivity index (χ3n) is 4.30. The van der Waals surface area contributed by atoms with E-state index in [1.807, 2.05) is 0 Å². The second-order valence-electron chi connectivity index (χ2n) is 6.16. The molecule has 162 valence electrons. The van der Waals surface area contributed by atoms with Gasteiger partial charge in [-0.2, -0.15) is 0 Å². The van der Waals surface area contributed by atoms with Crippen molar-refractivity contribution >= 4 is 37.4 Å². The van der Waals surface area contributed by atoms with Gasteiger partial charge in [-0.05, 0) is 0 Å². The molecule has 0 spiro atoms. The average molecular weight is 446 g/mol. The number of hydrogen-bond acceptors (Lipinski definition) is 12.